The molecule has 2 heterocycles. The van der Waals surface area contributed by atoms with E-state index in [2.05, 4.69) is 4.98 Å². The van der Waals surface area contributed by atoms with Gasteiger partial charge in [-0.25, -0.2) is 4.79 Å². The van der Waals surface area contributed by atoms with E-state index in [1.807, 2.05) is 18.2 Å². The van der Waals surface area contributed by atoms with Crippen molar-refractivity contribution in [1.29, 1.82) is 0 Å². The number of rotatable bonds is 1. The number of nitrogens with two attached hydrogens (primary N) is 1. The lowest BCUT2D eigenvalue weighted by Crippen LogP contribution is -2.20. The number of hydrogen-bond acceptors (Lipinski definition) is 3. The fourth-order valence-electron chi connectivity index (χ4n) is 2.06. The molecule has 0 atom stereocenters. The fourth-order valence-corrected chi connectivity index (χ4v) is 2.06. The molecule has 3 aromatic rings. The zero-order valence-corrected chi connectivity index (χ0v) is 9.87. The standard InChI is InChI=1S/C13H12N4O/c1-16-11-6-7-15-8-12(11)17(13(16)18)10-4-2-9(14)3-5-10/h2-8H,14H2,1H3. The number of anilines is 1. The minimum absolute atomic E-state index is 0.0947. The first-order chi connectivity index (χ1) is 8.68. The normalized spacial score (nSPS) is 10.9. The molecule has 3 rings (SSSR count). The number of fused-ring (bicyclic) bond motifs is 1. The van der Waals surface area contributed by atoms with Gasteiger partial charge in [0.1, 0.15) is 0 Å². The zero-order valence-electron chi connectivity index (χ0n) is 9.87. The van der Waals surface area contributed by atoms with Crippen LogP contribution < -0.4 is 11.4 Å². The van der Waals surface area contributed by atoms with Gasteiger partial charge >= 0.3 is 5.69 Å². The van der Waals surface area contributed by atoms with E-state index in [1.165, 1.54) is 0 Å². The average Bonchev–Trinajstić information content (AvgIpc) is 2.64. The van der Waals surface area contributed by atoms with Crippen molar-refractivity contribution in [3.63, 3.8) is 0 Å². The summed E-state index contributed by atoms with van der Waals surface area (Å²) in [7, 11) is 1.75. The summed E-state index contributed by atoms with van der Waals surface area (Å²) in [5, 5.41) is 0. The average molecular weight is 240 g/mol. The maximum absolute atomic E-state index is 12.2. The summed E-state index contributed by atoms with van der Waals surface area (Å²) >= 11 is 0. The Morgan fingerprint density at radius 2 is 1.83 bits per heavy atom. The van der Waals surface area contributed by atoms with Crippen molar-refractivity contribution in [2.45, 2.75) is 0 Å². The molecule has 5 nitrogen and oxygen atoms in total. The predicted octanol–water partition coefficient (Wildman–Crippen LogP) is 1.31. The largest absolute Gasteiger partial charge is 0.399 e. The lowest BCUT2D eigenvalue weighted by Gasteiger charge is -2.02. The van der Waals surface area contributed by atoms with E-state index >= 15 is 0 Å². The van der Waals surface area contributed by atoms with E-state index in [0.29, 0.717) is 5.69 Å². The fraction of sp³-hybridized carbons (Fsp3) is 0.0769. The molecule has 0 saturated carbocycles. The van der Waals surface area contributed by atoms with Crippen LogP contribution in [-0.4, -0.2) is 14.1 Å². The second kappa shape index (κ2) is 3.73. The molecule has 2 N–H and O–H groups in total. The number of aryl methyl sites for hydroxylation is 1. The molecule has 5 heteroatoms. The van der Waals surface area contributed by atoms with Crippen LogP contribution in [0.2, 0.25) is 0 Å². The van der Waals surface area contributed by atoms with Crippen molar-refractivity contribution >= 4 is 16.7 Å². The van der Waals surface area contributed by atoms with Crippen molar-refractivity contribution in [3.05, 3.63) is 53.2 Å². The zero-order chi connectivity index (χ0) is 12.7. The van der Waals surface area contributed by atoms with Crippen LogP contribution in [0.3, 0.4) is 0 Å². The van der Waals surface area contributed by atoms with Crippen molar-refractivity contribution < 1.29 is 0 Å². The molecule has 0 spiro atoms. The van der Waals surface area contributed by atoms with Crippen molar-refractivity contribution in [2.75, 3.05) is 5.73 Å². The molecule has 0 unspecified atom stereocenters. The monoisotopic (exact) mass is 240 g/mol. The number of hydrogen-bond donors (Lipinski definition) is 1. The third-order valence-electron chi connectivity index (χ3n) is 3.01. The van der Waals surface area contributed by atoms with Crippen LogP contribution in [0.25, 0.3) is 16.7 Å². The van der Waals surface area contributed by atoms with Crippen molar-refractivity contribution in [3.8, 4) is 5.69 Å². The van der Waals surface area contributed by atoms with E-state index < -0.39 is 0 Å². The van der Waals surface area contributed by atoms with Crippen LogP contribution in [0.15, 0.2) is 47.5 Å². The van der Waals surface area contributed by atoms with Gasteiger partial charge in [0, 0.05) is 18.9 Å². The van der Waals surface area contributed by atoms with Crippen LogP contribution in [-0.2, 0) is 7.05 Å². The Balaban J connectivity index is 2.39. The molecule has 0 radical (unpaired) electrons. The van der Waals surface area contributed by atoms with Crippen molar-refractivity contribution in [2.24, 2.45) is 7.05 Å². The minimum atomic E-state index is -0.0947. The lowest BCUT2D eigenvalue weighted by molar-refractivity contribution is 0.846. The molecule has 0 aliphatic heterocycles. The molecule has 0 aliphatic carbocycles. The molecule has 2 aromatic heterocycles. The molecule has 0 saturated heterocycles. The maximum Gasteiger partial charge on any atom is 0.333 e. The Labute approximate surface area is 103 Å². The van der Waals surface area contributed by atoms with Gasteiger partial charge in [-0.05, 0) is 30.3 Å². The smallest absolute Gasteiger partial charge is 0.333 e. The molecule has 18 heavy (non-hydrogen) atoms. The first-order valence-electron chi connectivity index (χ1n) is 5.56. The van der Waals surface area contributed by atoms with Gasteiger partial charge < -0.3 is 5.73 Å². The highest BCUT2D eigenvalue weighted by Gasteiger charge is 2.11. The van der Waals surface area contributed by atoms with E-state index in [0.717, 1.165) is 16.7 Å². The van der Waals surface area contributed by atoms with Gasteiger partial charge in [0.25, 0.3) is 0 Å². The highest BCUT2D eigenvalue weighted by molar-refractivity contribution is 5.77. The maximum atomic E-state index is 12.2. The first-order valence-corrected chi connectivity index (χ1v) is 5.56. The van der Waals surface area contributed by atoms with Gasteiger partial charge in [-0.1, -0.05) is 0 Å². The van der Waals surface area contributed by atoms with E-state index in [4.69, 9.17) is 5.73 Å². The number of imidazole rings is 1. The topological polar surface area (TPSA) is 65.8 Å². The number of pyridine rings is 1. The third kappa shape index (κ3) is 1.41. The Bertz CT molecular complexity index is 768. The predicted molar refractivity (Wildman–Crippen MR) is 70.7 cm³/mol. The van der Waals surface area contributed by atoms with Crippen LogP contribution >= 0.6 is 0 Å². The summed E-state index contributed by atoms with van der Waals surface area (Å²) in [6.45, 7) is 0. The Morgan fingerprint density at radius 3 is 2.56 bits per heavy atom. The second-order valence-electron chi connectivity index (χ2n) is 4.13. The van der Waals surface area contributed by atoms with Gasteiger partial charge in [-0.2, -0.15) is 0 Å². The van der Waals surface area contributed by atoms with Crippen LogP contribution in [0.1, 0.15) is 0 Å². The van der Waals surface area contributed by atoms with Crippen LogP contribution in [0.4, 0.5) is 5.69 Å². The first kappa shape index (κ1) is 10.6. The van der Waals surface area contributed by atoms with Gasteiger partial charge in [-0.15, -0.1) is 0 Å². The highest BCUT2D eigenvalue weighted by Crippen LogP contribution is 2.16. The van der Waals surface area contributed by atoms with Gasteiger partial charge in [0.2, 0.25) is 0 Å². The third-order valence-corrected chi connectivity index (χ3v) is 3.01. The van der Waals surface area contributed by atoms with Gasteiger partial charge in [0.15, 0.2) is 0 Å². The van der Waals surface area contributed by atoms with Gasteiger partial charge in [-0.3, -0.25) is 14.1 Å². The highest BCUT2D eigenvalue weighted by atomic mass is 16.1. The number of benzene rings is 1. The molecule has 1 aromatic carbocycles. The Kier molecular flexibility index (Phi) is 2.19. The molecule has 0 fully saturated rings. The van der Waals surface area contributed by atoms with Crippen molar-refractivity contribution in [1.82, 2.24) is 14.1 Å². The lowest BCUT2D eigenvalue weighted by atomic mass is 10.3. The number of aromatic nitrogens is 3. The summed E-state index contributed by atoms with van der Waals surface area (Å²) in [6.07, 6.45) is 3.36. The van der Waals surface area contributed by atoms with Gasteiger partial charge in [0.05, 0.1) is 22.9 Å². The van der Waals surface area contributed by atoms with E-state index in [9.17, 15) is 4.79 Å². The summed E-state index contributed by atoms with van der Waals surface area (Å²) in [5.74, 6) is 0. The van der Waals surface area contributed by atoms with E-state index in [1.54, 1.807) is 40.7 Å². The van der Waals surface area contributed by atoms with Crippen LogP contribution in [0, 0.1) is 0 Å². The summed E-state index contributed by atoms with van der Waals surface area (Å²) in [4.78, 5) is 16.3. The molecule has 90 valence electrons. The summed E-state index contributed by atoms with van der Waals surface area (Å²) in [5.41, 5.74) is 8.66. The molecule has 0 amide bonds. The number of nitrogens with zero attached hydrogens (tertiary/aromatic N) is 3. The second-order valence-corrected chi connectivity index (χ2v) is 4.13. The Hall–Kier alpha value is -2.56. The summed E-state index contributed by atoms with van der Waals surface area (Å²) in [6, 6.07) is 9.02. The SMILES string of the molecule is Cn1c(=O)n(-c2ccc(N)cc2)c2cnccc21. The minimum Gasteiger partial charge on any atom is -0.399 e. The number of nitrogen functional groups attached to an aromatic ring is 1. The van der Waals surface area contributed by atoms with Crippen LogP contribution in [0.5, 0.6) is 0 Å². The quantitative estimate of drug-likeness (QED) is 0.652. The summed E-state index contributed by atoms with van der Waals surface area (Å²) < 4.78 is 3.23. The molecular formula is C13H12N4O. The van der Waals surface area contributed by atoms with E-state index in [-0.39, 0.29) is 5.69 Å². The molecule has 0 aliphatic rings. The molecule has 0 bridgehead atoms. The molecular weight excluding hydrogens is 228 g/mol. The Morgan fingerprint density at radius 1 is 1.11 bits per heavy atom.